The van der Waals surface area contributed by atoms with Crippen LogP contribution in [0.2, 0.25) is 0 Å². The maximum atomic E-state index is 12.1. The average molecular weight is 254 g/mol. The Bertz CT molecular complexity index is 320. The van der Waals surface area contributed by atoms with Gasteiger partial charge in [-0.3, -0.25) is 9.69 Å². The Kier molecular flexibility index (Phi) is 6.22. The Labute approximate surface area is 108 Å². The van der Waals surface area contributed by atoms with Crippen molar-refractivity contribution in [2.75, 3.05) is 26.2 Å². The Morgan fingerprint density at radius 3 is 2.41 bits per heavy atom. The number of nitrogens with zero attached hydrogens (tertiary/aromatic N) is 2. The lowest BCUT2D eigenvalue weighted by Gasteiger charge is -2.24. The standard InChI is InChI=1S/C13H22N2OS/c1-4-14(5-2)11-13(16)15(6-3)10-12-8-7-9-17-12/h7-9H,4-6,10-11H2,1-3H3. The highest BCUT2D eigenvalue weighted by atomic mass is 32.1. The number of hydrogen-bond acceptors (Lipinski definition) is 3. The second-order valence-corrected chi connectivity index (χ2v) is 4.98. The van der Waals surface area contributed by atoms with Crippen molar-refractivity contribution in [3.8, 4) is 0 Å². The molecule has 1 aromatic heterocycles. The molecule has 0 saturated carbocycles. The van der Waals surface area contributed by atoms with Crippen molar-refractivity contribution in [1.82, 2.24) is 9.80 Å². The fourth-order valence-corrected chi connectivity index (χ4v) is 2.42. The molecule has 0 aliphatic rings. The Hall–Kier alpha value is -0.870. The number of thiophene rings is 1. The van der Waals surface area contributed by atoms with Crippen LogP contribution < -0.4 is 0 Å². The molecule has 1 aromatic rings. The molecule has 0 atom stereocenters. The monoisotopic (exact) mass is 254 g/mol. The van der Waals surface area contributed by atoms with E-state index in [9.17, 15) is 4.79 Å². The van der Waals surface area contributed by atoms with E-state index in [1.54, 1.807) is 11.3 Å². The van der Waals surface area contributed by atoms with Crippen molar-refractivity contribution >= 4 is 17.2 Å². The van der Waals surface area contributed by atoms with Crippen LogP contribution in [-0.2, 0) is 11.3 Å². The summed E-state index contributed by atoms with van der Waals surface area (Å²) in [6, 6.07) is 4.11. The molecule has 3 nitrogen and oxygen atoms in total. The van der Waals surface area contributed by atoms with Crippen LogP contribution in [0.1, 0.15) is 25.6 Å². The minimum absolute atomic E-state index is 0.226. The zero-order chi connectivity index (χ0) is 12.7. The van der Waals surface area contributed by atoms with E-state index in [0.29, 0.717) is 6.54 Å². The minimum Gasteiger partial charge on any atom is -0.337 e. The summed E-state index contributed by atoms with van der Waals surface area (Å²) in [6.07, 6.45) is 0. The number of amides is 1. The molecule has 0 radical (unpaired) electrons. The van der Waals surface area contributed by atoms with E-state index in [-0.39, 0.29) is 5.91 Å². The molecule has 0 unspecified atom stereocenters. The van der Waals surface area contributed by atoms with Gasteiger partial charge < -0.3 is 4.90 Å². The van der Waals surface area contributed by atoms with Gasteiger partial charge in [0, 0.05) is 11.4 Å². The molecule has 0 bridgehead atoms. The van der Waals surface area contributed by atoms with Crippen molar-refractivity contribution in [2.24, 2.45) is 0 Å². The minimum atomic E-state index is 0.226. The SMILES string of the molecule is CCN(CC)CC(=O)N(CC)Cc1cccs1. The molecule has 1 amide bonds. The van der Waals surface area contributed by atoms with Crippen molar-refractivity contribution in [1.29, 1.82) is 0 Å². The Balaban J connectivity index is 2.52. The van der Waals surface area contributed by atoms with E-state index in [0.717, 1.165) is 26.2 Å². The first kappa shape index (κ1) is 14.2. The van der Waals surface area contributed by atoms with Crippen LogP contribution in [0.15, 0.2) is 17.5 Å². The van der Waals surface area contributed by atoms with E-state index in [4.69, 9.17) is 0 Å². The molecule has 96 valence electrons. The van der Waals surface area contributed by atoms with Crippen LogP contribution >= 0.6 is 11.3 Å². The number of carbonyl (C=O) groups excluding carboxylic acids is 1. The van der Waals surface area contributed by atoms with Gasteiger partial charge in [0.25, 0.3) is 0 Å². The van der Waals surface area contributed by atoms with Gasteiger partial charge in [-0.25, -0.2) is 0 Å². The largest absolute Gasteiger partial charge is 0.337 e. The van der Waals surface area contributed by atoms with Gasteiger partial charge in [0.15, 0.2) is 0 Å². The molecule has 17 heavy (non-hydrogen) atoms. The number of hydrogen-bond donors (Lipinski definition) is 0. The molecule has 0 aliphatic heterocycles. The molecule has 0 saturated heterocycles. The van der Waals surface area contributed by atoms with E-state index in [1.165, 1.54) is 4.88 Å². The van der Waals surface area contributed by atoms with Gasteiger partial charge in [0.1, 0.15) is 0 Å². The lowest BCUT2D eigenvalue weighted by Crippen LogP contribution is -2.39. The lowest BCUT2D eigenvalue weighted by molar-refractivity contribution is -0.132. The molecular weight excluding hydrogens is 232 g/mol. The third kappa shape index (κ3) is 4.48. The Morgan fingerprint density at radius 1 is 1.24 bits per heavy atom. The van der Waals surface area contributed by atoms with Crippen LogP contribution in [0, 0.1) is 0 Å². The summed E-state index contributed by atoms with van der Waals surface area (Å²) >= 11 is 1.71. The highest BCUT2D eigenvalue weighted by Crippen LogP contribution is 2.12. The average Bonchev–Trinajstić information content (AvgIpc) is 2.85. The highest BCUT2D eigenvalue weighted by Gasteiger charge is 2.14. The second-order valence-electron chi connectivity index (χ2n) is 3.95. The molecule has 1 rings (SSSR count). The third-order valence-corrected chi connectivity index (χ3v) is 3.78. The van der Waals surface area contributed by atoms with E-state index in [2.05, 4.69) is 30.2 Å². The number of rotatable bonds is 7. The quantitative estimate of drug-likeness (QED) is 0.746. The van der Waals surface area contributed by atoms with Gasteiger partial charge in [-0.1, -0.05) is 19.9 Å². The van der Waals surface area contributed by atoms with Gasteiger partial charge in [-0.2, -0.15) is 0 Å². The smallest absolute Gasteiger partial charge is 0.237 e. The second kappa shape index (κ2) is 7.45. The summed E-state index contributed by atoms with van der Waals surface area (Å²) in [7, 11) is 0. The normalized spacial score (nSPS) is 10.8. The molecule has 0 spiro atoms. The maximum Gasteiger partial charge on any atom is 0.237 e. The fourth-order valence-electron chi connectivity index (χ4n) is 1.71. The summed E-state index contributed by atoms with van der Waals surface area (Å²) in [6.45, 7) is 10.1. The lowest BCUT2D eigenvalue weighted by atomic mass is 10.3. The van der Waals surface area contributed by atoms with Crippen LogP contribution in [0.5, 0.6) is 0 Å². The first-order valence-corrected chi connectivity index (χ1v) is 7.11. The van der Waals surface area contributed by atoms with Gasteiger partial charge in [0.2, 0.25) is 5.91 Å². The van der Waals surface area contributed by atoms with E-state index < -0.39 is 0 Å². The van der Waals surface area contributed by atoms with Gasteiger partial charge in [0.05, 0.1) is 13.1 Å². The summed E-state index contributed by atoms with van der Waals surface area (Å²) in [5.74, 6) is 0.226. The Morgan fingerprint density at radius 2 is 1.94 bits per heavy atom. The zero-order valence-corrected chi connectivity index (χ0v) is 11.8. The van der Waals surface area contributed by atoms with E-state index in [1.807, 2.05) is 17.9 Å². The molecule has 0 N–H and O–H groups in total. The molecule has 0 fully saturated rings. The first-order valence-electron chi connectivity index (χ1n) is 6.23. The van der Waals surface area contributed by atoms with Crippen molar-refractivity contribution < 1.29 is 4.79 Å². The van der Waals surface area contributed by atoms with E-state index >= 15 is 0 Å². The predicted molar refractivity (Wildman–Crippen MR) is 73.2 cm³/mol. The van der Waals surface area contributed by atoms with Crippen molar-refractivity contribution in [3.05, 3.63) is 22.4 Å². The first-order chi connectivity index (χ1) is 8.21. The number of carbonyl (C=O) groups is 1. The van der Waals surface area contributed by atoms with Gasteiger partial charge in [-0.05, 0) is 31.5 Å². The fraction of sp³-hybridized carbons (Fsp3) is 0.615. The van der Waals surface area contributed by atoms with Gasteiger partial charge in [-0.15, -0.1) is 11.3 Å². The number of likely N-dealkylation sites (N-methyl/N-ethyl adjacent to an activating group) is 2. The molecule has 4 heteroatoms. The van der Waals surface area contributed by atoms with Crippen LogP contribution in [0.4, 0.5) is 0 Å². The summed E-state index contributed by atoms with van der Waals surface area (Å²) in [5, 5.41) is 2.05. The summed E-state index contributed by atoms with van der Waals surface area (Å²) in [4.78, 5) is 17.4. The summed E-state index contributed by atoms with van der Waals surface area (Å²) in [5.41, 5.74) is 0. The van der Waals surface area contributed by atoms with Crippen molar-refractivity contribution in [2.45, 2.75) is 27.3 Å². The topological polar surface area (TPSA) is 23.6 Å². The molecule has 0 aromatic carbocycles. The molecular formula is C13H22N2OS. The summed E-state index contributed by atoms with van der Waals surface area (Å²) < 4.78 is 0. The van der Waals surface area contributed by atoms with Crippen molar-refractivity contribution in [3.63, 3.8) is 0 Å². The van der Waals surface area contributed by atoms with Crippen LogP contribution in [0.25, 0.3) is 0 Å². The van der Waals surface area contributed by atoms with Crippen LogP contribution in [-0.4, -0.2) is 41.9 Å². The highest BCUT2D eigenvalue weighted by molar-refractivity contribution is 7.09. The van der Waals surface area contributed by atoms with Crippen LogP contribution in [0.3, 0.4) is 0 Å². The molecule has 1 heterocycles. The predicted octanol–water partition coefficient (Wildman–Crippen LogP) is 2.44. The molecule has 0 aliphatic carbocycles. The van der Waals surface area contributed by atoms with Gasteiger partial charge >= 0.3 is 0 Å². The third-order valence-electron chi connectivity index (χ3n) is 2.91. The maximum absolute atomic E-state index is 12.1. The zero-order valence-electron chi connectivity index (χ0n) is 11.0.